The largest absolute Gasteiger partial charge is 0.494 e. The van der Waals surface area contributed by atoms with Gasteiger partial charge in [-0.15, -0.1) is 0 Å². The zero-order valence-electron chi connectivity index (χ0n) is 21.2. The number of nitrogens with zero attached hydrogens (tertiary/aromatic N) is 1. The summed E-state index contributed by atoms with van der Waals surface area (Å²) in [5.74, 6) is -0.690. The van der Waals surface area contributed by atoms with Gasteiger partial charge in [0, 0.05) is 32.9 Å². The molecule has 11 heteroatoms. The number of hydrogen-bond donors (Lipinski definition) is 3. The van der Waals surface area contributed by atoms with Gasteiger partial charge in [0.25, 0.3) is 0 Å². The Morgan fingerprint density at radius 3 is 2.47 bits per heavy atom. The Kier molecular flexibility index (Phi) is 11.1. The first-order chi connectivity index (χ1) is 18.4. The lowest BCUT2D eigenvalue weighted by atomic mass is 10.1. The normalized spacial score (nSPS) is 13.2. The third kappa shape index (κ3) is 10.3. The molecular formula is C27H32N4O7. The molecule has 0 bridgehead atoms. The van der Waals surface area contributed by atoms with Crippen molar-refractivity contribution in [3.63, 3.8) is 0 Å². The van der Waals surface area contributed by atoms with Crippen LogP contribution in [0.3, 0.4) is 0 Å². The maximum Gasteiger partial charge on any atom is 0.408 e. The fraction of sp³-hybridized carbons (Fsp3) is 0.370. The van der Waals surface area contributed by atoms with Crippen molar-refractivity contribution in [2.75, 3.05) is 19.7 Å². The number of aliphatic imine (C=N–C) groups is 1. The summed E-state index contributed by atoms with van der Waals surface area (Å²) in [7, 11) is 0. The Balaban J connectivity index is 1.45. The zero-order chi connectivity index (χ0) is 27.2. The van der Waals surface area contributed by atoms with Gasteiger partial charge in [-0.05, 0) is 36.1 Å². The van der Waals surface area contributed by atoms with Gasteiger partial charge in [0.1, 0.15) is 18.4 Å². The van der Waals surface area contributed by atoms with Crippen molar-refractivity contribution in [3.8, 4) is 5.75 Å². The molecule has 1 aliphatic rings. The highest BCUT2D eigenvalue weighted by atomic mass is 16.6. The van der Waals surface area contributed by atoms with E-state index >= 15 is 0 Å². The van der Waals surface area contributed by atoms with Crippen molar-refractivity contribution < 1.29 is 33.4 Å². The Morgan fingerprint density at radius 2 is 1.79 bits per heavy atom. The molecule has 0 fully saturated rings. The molecule has 1 atom stereocenters. The van der Waals surface area contributed by atoms with Gasteiger partial charge in [0.15, 0.2) is 5.96 Å². The number of benzene rings is 2. The van der Waals surface area contributed by atoms with Crippen molar-refractivity contribution in [1.29, 1.82) is 0 Å². The lowest BCUT2D eigenvalue weighted by Gasteiger charge is -2.17. The Bertz CT molecular complexity index is 1120. The van der Waals surface area contributed by atoms with E-state index < -0.39 is 24.1 Å². The monoisotopic (exact) mass is 524 g/mol. The van der Waals surface area contributed by atoms with E-state index in [9.17, 15) is 19.2 Å². The van der Waals surface area contributed by atoms with Gasteiger partial charge in [0.2, 0.25) is 5.91 Å². The standard InChI is InChI=1S/C27H32N4O7/c1-19(32)38-25(34)23(30-27(35)37-18-21-7-3-2-4-8-21)17-20-10-12-22(13-11-20)36-16-5-9-24(33)31-26-28-14-6-15-29-26/h2-4,7-8,10-13,23H,5-6,9,14-18H2,1H3,(H,30,35)(H2,28,29,31,33)/t23-/m0/s1. The van der Waals surface area contributed by atoms with Crippen LogP contribution in [-0.2, 0) is 36.9 Å². The molecule has 1 heterocycles. The van der Waals surface area contributed by atoms with E-state index in [1.54, 1.807) is 36.4 Å². The minimum atomic E-state index is -1.13. The average Bonchev–Trinajstić information content (AvgIpc) is 2.91. The first-order valence-corrected chi connectivity index (χ1v) is 12.4. The van der Waals surface area contributed by atoms with E-state index in [1.165, 1.54) is 0 Å². The van der Waals surface area contributed by atoms with Gasteiger partial charge in [0.05, 0.1) is 6.61 Å². The summed E-state index contributed by atoms with van der Waals surface area (Å²) in [6.07, 6.45) is 1.03. The Hall–Kier alpha value is -4.41. The molecule has 0 aromatic heterocycles. The number of carbonyl (C=O) groups excluding carboxylic acids is 4. The highest BCUT2D eigenvalue weighted by molar-refractivity contribution is 5.97. The van der Waals surface area contributed by atoms with E-state index in [4.69, 9.17) is 9.47 Å². The number of nitrogens with one attached hydrogen (secondary N) is 3. The van der Waals surface area contributed by atoms with Gasteiger partial charge >= 0.3 is 18.0 Å². The van der Waals surface area contributed by atoms with Gasteiger partial charge < -0.3 is 24.8 Å². The lowest BCUT2D eigenvalue weighted by Crippen LogP contribution is -2.44. The Morgan fingerprint density at radius 1 is 1.03 bits per heavy atom. The number of esters is 2. The molecule has 0 aliphatic carbocycles. The van der Waals surface area contributed by atoms with Crippen molar-refractivity contribution in [2.24, 2.45) is 4.99 Å². The summed E-state index contributed by atoms with van der Waals surface area (Å²) in [5.41, 5.74) is 1.49. The first-order valence-electron chi connectivity index (χ1n) is 12.4. The van der Waals surface area contributed by atoms with E-state index in [0.717, 1.165) is 25.5 Å². The summed E-state index contributed by atoms with van der Waals surface area (Å²) >= 11 is 0. The van der Waals surface area contributed by atoms with Crippen LogP contribution in [0.5, 0.6) is 5.75 Å². The van der Waals surface area contributed by atoms with Crippen LogP contribution in [0.15, 0.2) is 59.6 Å². The molecule has 38 heavy (non-hydrogen) atoms. The second kappa shape index (κ2) is 15.0. The number of amides is 2. The number of guanidine groups is 1. The smallest absolute Gasteiger partial charge is 0.408 e. The van der Waals surface area contributed by atoms with Gasteiger partial charge in [-0.3, -0.25) is 19.9 Å². The predicted octanol–water partition coefficient (Wildman–Crippen LogP) is 2.24. The van der Waals surface area contributed by atoms with Crippen molar-refractivity contribution in [2.45, 2.75) is 45.3 Å². The molecule has 2 aromatic carbocycles. The molecule has 1 aliphatic heterocycles. The highest BCUT2D eigenvalue weighted by Gasteiger charge is 2.25. The predicted molar refractivity (Wildman–Crippen MR) is 138 cm³/mol. The topological polar surface area (TPSA) is 144 Å². The van der Waals surface area contributed by atoms with E-state index in [2.05, 4.69) is 25.7 Å². The minimum Gasteiger partial charge on any atom is -0.494 e. The highest BCUT2D eigenvalue weighted by Crippen LogP contribution is 2.15. The fourth-order valence-corrected chi connectivity index (χ4v) is 3.50. The minimum absolute atomic E-state index is 0.0283. The van der Waals surface area contributed by atoms with Crippen molar-refractivity contribution in [3.05, 3.63) is 65.7 Å². The molecule has 3 N–H and O–H groups in total. The Labute approximate surface area is 220 Å². The molecule has 0 saturated carbocycles. The molecule has 202 valence electrons. The third-order valence-electron chi connectivity index (χ3n) is 5.37. The van der Waals surface area contributed by atoms with Crippen molar-refractivity contribution >= 4 is 29.9 Å². The van der Waals surface area contributed by atoms with Gasteiger partial charge in [-0.25, -0.2) is 9.59 Å². The number of rotatable bonds is 11. The summed E-state index contributed by atoms with van der Waals surface area (Å²) in [6.45, 7) is 2.98. The quantitative estimate of drug-likeness (QED) is 0.231. The van der Waals surface area contributed by atoms with Crippen LogP contribution in [-0.4, -0.2) is 55.6 Å². The van der Waals surface area contributed by atoms with Gasteiger partial charge in [-0.2, -0.15) is 0 Å². The van der Waals surface area contributed by atoms with Crippen molar-refractivity contribution in [1.82, 2.24) is 16.0 Å². The van der Waals surface area contributed by atoms with E-state index in [-0.39, 0.29) is 18.9 Å². The fourth-order valence-electron chi connectivity index (χ4n) is 3.50. The maximum atomic E-state index is 12.4. The molecule has 0 spiro atoms. The number of hydrogen-bond acceptors (Lipinski definition) is 9. The third-order valence-corrected chi connectivity index (χ3v) is 5.37. The van der Waals surface area contributed by atoms with Crippen LogP contribution in [0.1, 0.15) is 37.3 Å². The second-order valence-electron chi connectivity index (χ2n) is 8.53. The molecule has 11 nitrogen and oxygen atoms in total. The van der Waals surface area contributed by atoms with Crippen LogP contribution in [0.2, 0.25) is 0 Å². The van der Waals surface area contributed by atoms with Crippen LogP contribution in [0.25, 0.3) is 0 Å². The molecular weight excluding hydrogens is 492 g/mol. The molecule has 2 aromatic rings. The molecule has 0 radical (unpaired) electrons. The maximum absolute atomic E-state index is 12.4. The molecule has 2 amide bonds. The molecule has 3 rings (SSSR count). The van der Waals surface area contributed by atoms with Gasteiger partial charge in [-0.1, -0.05) is 42.5 Å². The van der Waals surface area contributed by atoms with E-state index in [1.807, 2.05) is 18.2 Å². The van der Waals surface area contributed by atoms with Crippen LogP contribution in [0, 0.1) is 0 Å². The summed E-state index contributed by atoms with van der Waals surface area (Å²) in [6, 6.07) is 14.9. The summed E-state index contributed by atoms with van der Waals surface area (Å²) < 4.78 is 15.6. The first kappa shape index (κ1) is 28.2. The molecule has 0 unspecified atom stereocenters. The number of alkyl carbamates (subject to hydrolysis) is 1. The average molecular weight is 525 g/mol. The van der Waals surface area contributed by atoms with Crippen LogP contribution in [0.4, 0.5) is 4.79 Å². The summed E-state index contributed by atoms with van der Waals surface area (Å²) in [5, 5.41) is 8.24. The SMILES string of the molecule is CC(=O)OC(=O)[C@H](Cc1ccc(OCCCC(=O)NC2=NCCCN2)cc1)NC(=O)OCc1ccccc1. The number of carbonyl (C=O) groups is 4. The zero-order valence-corrected chi connectivity index (χ0v) is 21.2. The molecule has 0 saturated heterocycles. The lowest BCUT2D eigenvalue weighted by molar-refractivity contribution is -0.159. The van der Waals surface area contributed by atoms with Crippen LogP contribution >= 0.6 is 0 Å². The second-order valence-corrected chi connectivity index (χ2v) is 8.53. The summed E-state index contributed by atoms with van der Waals surface area (Å²) in [4.78, 5) is 52.2. The number of ether oxygens (including phenoxy) is 3. The van der Waals surface area contributed by atoms with Crippen LogP contribution < -0.4 is 20.7 Å². The van der Waals surface area contributed by atoms with E-state index in [0.29, 0.717) is 43.3 Å².